The summed E-state index contributed by atoms with van der Waals surface area (Å²) in [6.07, 6.45) is 1.82. The van der Waals surface area contributed by atoms with E-state index in [1.54, 1.807) is 11.3 Å². The number of rotatable bonds is 2. The number of hydrogen-bond donors (Lipinski definition) is 1. The number of aryl methyl sites for hydroxylation is 1. The molecule has 1 aliphatic heterocycles. The van der Waals surface area contributed by atoms with Gasteiger partial charge in [-0.3, -0.25) is 0 Å². The minimum Gasteiger partial charge on any atom is -0.345 e. The molecule has 110 valence electrons. The first-order valence-electron chi connectivity index (χ1n) is 6.99. The highest BCUT2D eigenvalue weighted by Crippen LogP contribution is 2.19. The summed E-state index contributed by atoms with van der Waals surface area (Å²) in [6.45, 7) is 5.13. The number of amides is 2. The minimum absolute atomic E-state index is 0.0300. The second kappa shape index (κ2) is 6.13. The van der Waals surface area contributed by atoms with Crippen molar-refractivity contribution in [3.05, 3.63) is 41.4 Å². The standard InChI is InChI=1S/C15H18N4OS/c1-12-2-4-13(5-3-12)17-14(20)18-7-9-19(10-8-18)15-16-6-11-21-15/h2-6,11H,7-10H2,1H3,(H,17,20). The molecule has 1 aromatic carbocycles. The topological polar surface area (TPSA) is 48.5 Å². The molecule has 1 N–H and O–H groups in total. The molecule has 21 heavy (non-hydrogen) atoms. The molecule has 0 unspecified atom stereocenters. The van der Waals surface area contributed by atoms with Gasteiger partial charge in [-0.2, -0.15) is 0 Å². The molecule has 1 aliphatic rings. The molecule has 3 rings (SSSR count). The van der Waals surface area contributed by atoms with Gasteiger partial charge in [-0.1, -0.05) is 17.7 Å². The molecule has 5 nitrogen and oxygen atoms in total. The quantitative estimate of drug-likeness (QED) is 0.928. The van der Waals surface area contributed by atoms with E-state index >= 15 is 0 Å². The molecule has 6 heteroatoms. The van der Waals surface area contributed by atoms with Crippen LogP contribution in [0.1, 0.15) is 5.56 Å². The van der Waals surface area contributed by atoms with Crippen LogP contribution >= 0.6 is 11.3 Å². The van der Waals surface area contributed by atoms with Crippen LogP contribution in [0.25, 0.3) is 0 Å². The van der Waals surface area contributed by atoms with E-state index in [0.717, 1.165) is 37.0 Å². The Bertz CT molecular complexity index is 589. The van der Waals surface area contributed by atoms with Crippen LogP contribution in [-0.4, -0.2) is 42.1 Å². The number of carbonyl (C=O) groups is 1. The maximum absolute atomic E-state index is 12.2. The number of anilines is 2. The average Bonchev–Trinajstić information content (AvgIpc) is 3.04. The van der Waals surface area contributed by atoms with Gasteiger partial charge in [0.25, 0.3) is 0 Å². The molecule has 0 bridgehead atoms. The summed E-state index contributed by atoms with van der Waals surface area (Å²) in [5.41, 5.74) is 2.03. The minimum atomic E-state index is -0.0300. The summed E-state index contributed by atoms with van der Waals surface area (Å²) in [5, 5.41) is 5.96. The highest BCUT2D eigenvalue weighted by Gasteiger charge is 2.22. The Balaban J connectivity index is 1.54. The van der Waals surface area contributed by atoms with E-state index in [1.807, 2.05) is 47.7 Å². The number of nitrogens with zero attached hydrogens (tertiary/aromatic N) is 3. The van der Waals surface area contributed by atoms with Gasteiger partial charge in [0, 0.05) is 43.4 Å². The van der Waals surface area contributed by atoms with Gasteiger partial charge in [0.2, 0.25) is 0 Å². The third-order valence-electron chi connectivity index (χ3n) is 3.56. The lowest BCUT2D eigenvalue weighted by atomic mass is 10.2. The SMILES string of the molecule is Cc1ccc(NC(=O)N2CCN(c3nccs3)CC2)cc1. The predicted octanol–water partition coefficient (Wildman–Crippen LogP) is 2.81. The molecule has 0 atom stereocenters. The van der Waals surface area contributed by atoms with Crippen LogP contribution in [0.5, 0.6) is 0 Å². The van der Waals surface area contributed by atoms with Gasteiger partial charge in [-0.25, -0.2) is 9.78 Å². The van der Waals surface area contributed by atoms with E-state index in [0.29, 0.717) is 0 Å². The monoisotopic (exact) mass is 302 g/mol. The van der Waals surface area contributed by atoms with Crippen LogP contribution in [0.3, 0.4) is 0 Å². The van der Waals surface area contributed by atoms with Gasteiger partial charge in [-0.05, 0) is 19.1 Å². The third kappa shape index (κ3) is 3.33. The van der Waals surface area contributed by atoms with Crippen molar-refractivity contribution in [2.75, 3.05) is 36.4 Å². The molecule has 1 saturated heterocycles. The highest BCUT2D eigenvalue weighted by molar-refractivity contribution is 7.13. The molecular weight excluding hydrogens is 284 g/mol. The van der Waals surface area contributed by atoms with Crippen molar-refractivity contribution in [1.29, 1.82) is 0 Å². The fourth-order valence-electron chi connectivity index (χ4n) is 2.31. The maximum Gasteiger partial charge on any atom is 0.321 e. The lowest BCUT2D eigenvalue weighted by Crippen LogP contribution is -2.50. The first-order valence-corrected chi connectivity index (χ1v) is 7.87. The average molecular weight is 302 g/mol. The Morgan fingerprint density at radius 3 is 2.52 bits per heavy atom. The molecule has 0 saturated carbocycles. The van der Waals surface area contributed by atoms with E-state index in [4.69, 9.17) is 0 Å². The number of piperazine rings is 1. The molecular formula is C15H18N4OS. The van der Waals surface area contributed by atoms with E-state index in [-0.39, 0.29) is 6.03 Å². The number of urea groups is 1. The zero-order chi connectivity index (χ0) is 14.7. The van der Waals surface area contributed by atoms with Crippen molar-refractivity contribution in [3.63, 3.8) is 0 Å². The molecule has 1 aromatic heterocycles. The summed E-state index contributed by atoms with van der Waals surface area (Å²) in [5.74, 6) is 0. The van der Waals surface area contributed by atoms with Crippen LogP contribution in [0.2, 0.25) is 0 Å². The number of benzene rings is 1. The number of thiazole rings is 1. The first kappa shape index (κ1) is 13.9. The van der Waals surface area contributed by atoms with Crippen molar-refractivity contribution >= 4 is 28.2 Å². The molecule has 2 aromatic rings. The summed E-state index contributed by atoms with van der Waals surface area (Å²) in [4.78, 5) is 20.6. The van der Waals surface area contributed by atoms with Gasteiger partial charge < -0.3 is 15.1 Å². The third-order valence-corrected chi connectivity index (χ3v) is 4.39. The Labute approximate surface area is 128 Å². The van der Waals surface area contributed by atoms with Crippen molar-refractivity contribution in [1.82, 2.24) is 9.88 Å². The molecule has 0 spiro atoms. The van der Waals surface area contributed by atoms with Gasteiger partial charge >= 0.3 is 6.03 Å². The lowest BCUT2D eigenvalue weighted by molar-refractivity contribution is 0.208. The molecule has 2 amide bonds. The first-order chi connectivity index (χ1) is 10.2. The fourth-order valence-corrected chi connectivity index (χ4v) is 3.01. The highest BCUT2D eigenvalue weighted by atomic mass is 32.1. The molecule has 0 aliphatic carbocycles. The smallest absolute Gasteiger partial charge is 0.321 e. The Morgan fingerprint density at radius 2 is 1.90 bits per heavy atom. The van der Waals surface area contributed by atoms with Crippen LogP contribution in [0, 0.1) is 6.92 Å². The number of nitrogens with one attached hydrogen (secondary N) is 1. The van der Waals surface area contributed by atoms with E-state index in [1.165, 1.54) is 5.56 Å². The maximum atomic E-state index is 12.2. The Morgan fingerprint density at radius 1 is 1.19 bits per heavy atom. The summed E-state index contributed by atoms with van der Waals surface area (Å²) < 4.78 is 0. The van der Waals surface area contributed by atoms with Gasteiger partial charge in [0.15, 0.2) is 5.13 Å². The van der Waals surface area contributed by atoms with Gasteiger partial charge in [0.05, 0.1) is 0 Å². The largest absolute Gasteiger partial charge is 0.345 e. The zero-order valence-electron chi connectivity index (χ0n) is 12.0. The van der Waals surface area contributed by atoms with Crippen LogP contribution in [-0.2, 0) is 0 Å². The van der Waals surface area contributed by atoms with Crippen molar-refractivity contribution in [2.24, 2.45) is 0 Å². The summed E-state index contributed by atoms with van der Waals surface area (Å²) in [7, 11) is 0. The van der Waals surface area contributed by atoms with Crippen LogP contribution < -0.4 is 10.2 Å². The predicted molar refractivity (Wildman–Crippen MR) is 86.1 cm³/mol. The number of carbonyl (C=O) groups excluding carboxylic acids is 1. The molecule has 0 radical (unpaired) electrons. The number of aromatic nitrogens is 1. The molecule has 2 heterocycles. The van der Waals surface area contributed by atoms with Crippen molar-refractivity contribution < 1.29 is 4.79 Å². The zero-order valence-corrected chi connectivity index (χ0v) is 12.8. The fraction of sp³-hybridized carbons (Fsp3) is 0.333. The molecule has 1 fully saturated rings. The van der Waals surface area contributed by atoms with E-state index < -0.39 is 0 Å². The second-order valence-corrected chi connectivity index (χ2v) is 5.96. The summed E-state index contributed by atoms with van der Waals surface area (Å²) in [6, 6.07) is 7.82. The van der Waals surface area contributed by atoms with Crippen molar-refractivity contribution in [3.8, 4) is 0 Å². The van der Waals surface area contributed by atoms with Crippen LogP contribution in [0.4, 0.5) is 15.6 Å². The number of hydrogen-bond acceptors (Lipinski definition) is 4. The van der Waals surface area contributed by atoms with Crippen LogP contribution in [0.15, 0.2) is 35.8 Å². The Hall–Kier alpha value is -2.08. The normalized spacial score (nSPS) is 15.1. The second-order valence-electron chi connectivity index (χ2n) is 5.08. The van der Waals surface area contributed by atoms with Gasteiger partial charge in [0.1, 0.15) is 0 Å². The van der Waals surface area contributed by atoms with Gasteiger partial charge in [-0.15, -0.1) is 11.3 Å². The van der Waals surface area contributed by atoms with E-state index in [9.17, 15) is 4.79 Å². The lowest BCUT2D eigenvalue weighted by Gasteiger charge is -2.34. The summed E-state index contributed by atoms with van der Waals surface area (Å²) >= 11 is 1.64. The van der Waals surface area contributed by atoms with Crippen molar-refractivity contribution in [2.45, 2.75) is 6.92 Å². The van der Waals surface area contributed by atoms with E-state index in [2.05, 4.69) is 15.2 Å². The Kier molecular flexibility index (Phi) is 4.06.